The highest BCUT2D eigenvalue weighted by atomic mass is 32.1. The van der Waals surface area contributed by atoms with E-state index in [0.29, 0.717) is 11.5 Å². The van der Waals surface area contributed by atoms with Crippen LogP contribution in [-0.2, 0) is 13.0 Å². The van der Waals surface area contributed by atoms with Gasteiger partial charge in [0.15, 0.2) is 0 Å². The molecule has 1 aliphatic rings. The maximum absolute atomic E-state index is 12.1. The molecule has 0 fully saturated rings. The van der Waals surface area contributed by atoms with Crippen molar-refractivity contribution in [3.05, 3.63) is 57.0 Å². The average Bonchev–Trinajstić information content (AvgIpc) is 2.89. The van der Waals surface area contributed by atoms with Crippen molar-refractivity contribution < 1.29 is 0 Å². The summed E-state index contributed by atoms with van der Waals surface area (Å²) < 4.78 is 1.38. The van der Waals surface area contributed by atoms with Crippen LogP contribution in [-0.4, -0.2) is 21.1 Å². The third-order valence-electron chi connectivity index (χ3n) is 3.96. The fourth-order valence-electron chi connectivity index (χ4n) is 3.00. The first-order valence-corrected chi connectivity index (χ1v) is 8.21. The van der Waals surface area contributed by atoms with Gasteiger partial charge in [0.2, 0.25) is 4.96 Å². The molecule has 0 atom stereocenters. The number of rotatable bonds is 2. The van der Waals surface area contributed by atoms with Gasteiger partial charge in [-0.25, -0.2) is 4.98 Å². The summed E-state index contributed by atoms with van der Waals surface area (Å²) in [5.74, 6) is 0. The third-order valence-corrected chi connectivity index (χ3v) is 4.78. The predicted octanol–water partition coefficient (Wildman–Crippen LogP) is 2.41. The molecule has 22 heavy (non-hydrogen) atoms. The molecule has 3 aromatic rings. The quantitative estimate of drug-likeness (QED) is 0.729. The van der Waals surface area contributed by atoms with Crippen LogP contribution >= 0.6 is 11.3 Å². The van der Waals surface area contributed by atoms with E-state index in [1.54, 1.807) is 6.07 Å². The Morgan fingerprint density at radius 3 is 3.09 bits per heavy atom. The SMILES string of the molecule is Cc1nn2c(=O)cc(CN3CCCc4ccccc43)nc2s1. The van der Waals surface area contributed by atoms with Gasteiger partial charge >= 0.3 is 0 Å². The van der Waals surface area contributed by atoms with Gasteiger partial charge in [0.25, 0.3) is 5.56 Å². The van der Waals surface area contributed by atoms with E-state index in [2.05, 4.69) is 39.2 Å². The van der Waals surface area contributed by atoms with Crippen LogP contribution in [0.2, 0.25) is 0 Å². The fourth-order valence-corrected chi connectivity index (χ4v) is 3.77. The summed E-state index contributed by atoms with van der Waals surface area (Å²) in [6, 6.07) is 10.1. The van der Waals surface area contributed by atoms with Crippen molar-refractivity contribution in [2.45, 2.75) is 26.3 Å². The lowest BCUT2D eigenvalue weighted by Crippen LogP contribution is -2.30. The normalized spacial score (nSPS) is 14.3. The lowest BCUT2D eigenvalue weighted by molar-refractivity contribution is 0.682. The summed E-state index contributed by atoms with van der Waals surface area (Å²) >= 11 is 1.45. The molecule has 0 aliphatic carbocycles. The summed E-state index contributed by atoms with van der Waals surface area (Å²) in [5, 5.41) is 5.04. The molecule has 0 saturated carbocycles. The molecule has 1 aliphatic heterocycles. The number of para-hydroxylation sites is 1. The minimum absolute atomic E-state index is 0.102. The van der Waals surface area contributed by atoms with Crippen molar-refractivity contribution >= 4 is 22.0 Å². The lowest BCUT2D eigenvalue weighted by Gasteiger charge is -2.30. The highest BCUT2D eigenvalue weighted by molar-refractivity contribution is 7.16. The number of benzene rings is 1. The third kappa shape index (κ3) is 2.29. The molecule has 2 aromatic heterocycles. The van der Waals surface area contributed by atoms with Gasteiger partial charge in [-0.3, -0.25) is 4.79 Å². The molecule has 0 spiro atoms. The number of fused-ring (bicyclic) bond motifs is 2. The molecule has 3 heterocycles. The van der Waals surface area contributed by atoms with Crippen LogP contribution in [0.3, 0.4) is 0 Å². The summed E-state index contributed by atoms with van der Waals surface area (Å²) in [4.78, 5) is 19.7. The Labute approximate surface area is 131 Å². The van der Waals surface area contributed by atoms with Crippen LogP contribution in [0, 0.1) is 6.92 Å². The first-order valence-electron chi connectivity index (χ1n) is 7.40. The minimum Gasteiger partial charge on any atom is -0.365 e. The number of anilines is 1. The fraction of sp³-hybridized carbons (Fsp3) is 0.312. The molecule has 0 radical (unpaired) electrons. The summed E-state index contributed by atoms with van der Waals surface area (Å²) in [7, 11) is 0. The second-order valence-corrected chi connectivity index (χ2v) is 6.72. The molecule has 4 rings (SSSR count). The van der Waals surface area contributed by atoms with E-state index in [1.165, 1.54) is 27.1 Å². The zero-order chi connectivity index (χ0) is 15.1. The second-order valence-electron chi connectivity index (χ2n) is 5.55. The number of hydrogen-bond acceptors (Lipinski definition) is 5. The van der Waals surface area contributed by atoms with Crippen LogP contribution in [0.15, 0.2) is 35.1 Å². The monoisotopic (exact) mass is 312 g/mol. The Hall–Kier alpha value is -2.21. The van der Waals surface area contributed by atoms with Crippen molar-refractivity contribution in [2.24, 2.45) is 0 Å². The molecule has 0 unspecified atom stereocenters. The standard InChI is InChI=1S/C16H16N4OS/c1-11-18-20-15(21)9-13(17-16(20)22-11)10-19-8-4-6-12-5-2-3-7-14(12)19/h2-3,5,7,9H,4,6,8,10H2,1H3. The highest BCUT2D eigenvalue weighted by Gasteiger charge is 2.17. The van der Waals surface area contributed by atoms with Gasteiger partial charge in [0, 0.05) is 18.3 Å². The largest absolute Gasteiger partial charge is 0.365 e. The van der Waals surface area contributed by atoms with Gasteiger partial charge in [-0.05, 0) is 31.4 Å². The van der Waals surface area contributed by atoms with Gasteiger partial charge < -0.3 is 4.90 Å². The zero-order valence-electron chi connectivity index (χ0n) is 12.3. The van der Waals surface area contributed by atoms with Crippen LogP contribution in [0.1, 0.15) is 22.7 Å². The van der Waals surface area contributed by atoms with Crippen molar-refractivity contribution in [1.82, 2.24) is 14.6 Å². The summed E-state index contributed by atoms with van der Waals surface area (Å²) in [5.41, 5.74) is 3.34. The van der Waals surface area contributed by atoms with Gasteiger partial charge in [-0.1, -0.05) is 29.5 Å². The average molecular weight is 312 g/mol. The van der Waals surface area contributed by atoms with Crippen LogP contribution in [0.5, 0.6) is 0 Å². The van der Waals surface area contributed by atoms with Crippen molar-refractivity contribution in [3.63, 3.8) is 0 Å². The van der Waals surface area contributed by atoms with Crippen molar-refractivity contribution in [2.75, 3.05) is 11.4 Å². The molecular weight excluding hydrogens is 296 g/mol. The molecule has 112 valence electrons. The van der Waals surface area contributed by atoms with E-state index >= 15 is 0 Å². The van der Waals surface area contributed by atoms with Crippen molar-refractivity contribution in [3.8, 4) is 0 Å². The summed E-state index contributed by atoms with van der Waals surface area (Å²) in [6.45, 7) is 3.55. The van der Waals surface area contributed by atoms with Crippen LogP contribution < -0.4 is 10.5 Å². The first kappa shape index (κ1) is 13.5. The Bertz CT molecular complexity index is 899. The molecule has 0 N–H and O–H groups in total. The van der Waals surface area contributed by atoms with E-state index in [-0.39, 0.29) is 5.56 Å². The number of nitrogens with zero attached hydrogens (tertiary/aromatic N) is 4. The Morgan fingerprint density at radius 2 is 2.18 bits per heavy atom. The Kier molecular flexibility index (Phi) is 3.18. The molecule has 5 nitrogen and oxygen atoms in total. The molecule has 0 bridgehead atoms. The Balaban J connectivity index is 1.71. The lowest BCUT2D eigenvalue weighted by atomic mass is 10.0. The highest BCUT2D eigenvalue weighted by Crippen LogP contribution is 2.27. The summed E-state index contributed by atoms with van der Waals surface area (Å²) in [6.07, 6.45) is 2.26. The molecule has 6 heteroatoms. The van der Waals surface area contributed by atoms with Gasteiger partial charge in [0.1, 0.15) is 5.01 Å². The van der Waals surface area contributed by atoms with Crippen LogP contribution in [0.25, 0.3) is 4.96 Å². The molecular formula is C16H16N4OS. The topological polar surface area (TPSA) is 50.5 Å². The second kappa shape index (κ2) is 5.21. The number of aromatic nitrogens is 3. The maximum atomic E-state index is 12.1. The van der Waals surface area contributed by atoms with Crippen LogP contribution in [0.4, 0.5) is 5.69 Å². The van der Waals surface area contributed by atoms with Gasteiger partial charge in [0.05, 0.1) is 12.2 Å². The predicted molar refractivity (Wildman–Crippen MR) is 87.7 cm³/mol. The van der Waals surface area contributed by atoms with E-state index in [0.717, 1.165) is 30.1 Å². The smallest absolute Gasteiger partial charge is 0.275 e. The molecule has 1 aromatic carbocycles. The zero-order valence-corrected chi connectivity index (χ0v) is 13.1. The Morgan fingerprint density at radius 1 is 1.32 bits per heavy atom. The van der Waals surface area contributed by atoms with E-state index in [4.69, 9.17) is 0 Å². The number of hydrogen-bond donors (Lipinski definition) is 0. The van der Waals surface area contributed by atoms with E-state index in [9.17, 15) is 4.79 Å². The van der Waals surface area contributed by atoms with Gasteiger partial charge in [-0.2, -0.15) is 9.61 Å². The number of aryl methyl sites for hydroxylation is 2. The maximum Gasteiger partial charge on any atom is 0.275 e. The van der Waals surface area contributed by atoms with E-state index in [1.807, 2.05) is 6.92 Å². The first-order chi connectivity index (χ1) is 10.7. The van der Waals surface area contributed by atoms with E-state index < -0.39 is 0 Å². The molecule has 0 saturated heterocycles. The van der Waals surface area contributed by atoms with Crippen molar-refractivity contribution in [1.29, 1.82) is 0 Å². The molecule has 0 amide bonds. The minimum atomic E-state index is -0.102. The van der Waals surface area contributed by atoms with Gasteiger partial charge in [-0.15, -0.1) is 0 Å².